The van der Waals surface area contributed by atoms with Gasteiger partial charge in [0.1, 0.15) is 0 Å². The predicted molar refractivity (Wildman–Crippen MR) is 105 cm³/mol. The van der Waals surface area contributed by atoms with E-state index in [1.54, 1.807) is 0 Å². The summed E-state index contributed by atoms with van der Waals surface area (Å²) in [4.78, 5) is 11.2. The standard InChI is InChI=1S/C16H29N5.HI/c1-6-17-15(20-13-16(2,3)21(4)5)19-12-10-14-9-7-8-11-18-14;/h7-9,11H,6,10,12-13H2,1-5H3,(H2,17,19,20);1H. The molecule has 1 rings (SSSR count). The summed E-state index contributed by atoms with van der Waals surface area (Å²) < 4.78 is 0. The van der Waals surface area contributed by atoms with Gasteiger partial charge in [0.15, 0.2) is 5.96 Å². The van der Waals surface area contributed by atoms with Crippen LogP contribution in [0.25, 0.3) is 0 Å². The van der Waals surface area contributed by atoms with Crippen LogP contribution in [-0.2, 0) is 6.42 Å². The molecule has 2 N–H and O–H groups in total. The van der Waals surface area contributed by atoms with E-state index in [1.165, 1.54) is 0 Å². The highest BCUT2D eigenvalue weighted by Gasteiger charge is 2.19. The number of likely N-dealkylation sites (N-methyl/N-ethyl adjacent to an activating group) is 1. The van der Waals surface area contributed by atoms with Crippen LogP contribution >= 0.6 is 24.0 Å². The monoisotopic (exact) mass is 419 g/mol. The topological polar surface area (TPSA) is 52.6 Å². The molecule has 22 heavy (non-hydrogen) atoms. The van der Waals surface area contributed by atoms with Gasteiger partial charge in [-0.25, -0.2) is 0 Å². The highest BCUT2D eigenvalue weighted by atomic mass is 127. The van der Waals surface area contributed by atoms with Crippen molar-refractivity contribution in [2.75, 3.05) is 33.7 Å². The van der Waals surface area contributed by atoms with Crippen LogP contribution < -0.4 is 10.6 Å². The van der Waals surface area contributed by atoms with E-state index in [9.17, 15) is 0 Å². The van der Waals surface area contributed by atoms with Crippen molar-refractivity contribution < 1.29 is 0 Å². The lowest BCUT2D eigenvalue weighted by Gasteiger charge is -2.31. The first-order valence-electron chi connectivity index (χ1n) is 7.55. The van der Waals surface area contributed by atoms with Crippen LogP contribution in [-0.4, -0.2) is 55.1 Å². The third-order valence-electron chi connectivity index (χ3n) is 3.58. The number of rotatable bonds is 7. The molecule has 5 nitrogen and oxygen atoms in total. The van der Waals surface area contributed by atoms with Crippen molar-refractivity contribution in [3.63, 3.8) is 0 Å². The Kier molecular flexibility index (Phi) is 10.3. The van der Waals surface area contributed by atoms with E-state index in [0.29, 0.717) is 0 Å². The van der Waals surface area contributed by atoms with Gasteiger partial charge in [-0.1, -0.05) is 6.07 Å². The van der Waals surface area contributed by atoms with Gasteiger partial charge in [-0.2, -0.15) is 0 Å². The second kappa shape index (κ2) is 10.8. The highest BCUT2D eigenvalue weighted by molar-refractivity contribution is 14.0. The van der Waals surface area contributed by atoms with Gasteiger partial charge in [0.25, 0.3) is 0 Å². The molecule has 0 aliphatic carbocycles. The van der Waals surface area contributed by atoms with E-state index in [-0.39, 0.29) is 29.5 Å². The van der Waals surface area contributed by atoms with Crippen LogP contribution in [0.3, 0.4) is 0 Å². The molecule has 0 fully saturated rings. The molecule has 0 aliphatic heterocycles. The Balaban J connectivity index is 0.00000441. The Labute approximate surface area is 152 Å². The van der Waals surface area contributed by atoms with Crippen molar-refractivity contribution in [2.45, 2.75) is 32.7 Å². The summed E-state index contributed by atoms with van der Waals surface area (Å²) in [5, 5.41) is 6.64. The summed E-state index contributed by atoms with van der Waals surface area (Å²) >= 11 is 0. The summed E-state index contributed by atoms with van der Waals surface area (Å²) in [7, 11) is 4.16. The van der Waals surface area contributed by atoms with Crippen molar-refractivity contribution in [1.29, 1.82) is 0 Å². The third-order valence-corrected chi connectivity index (χ3v) is 3.58. The first kappa shape index (κ1) is 21.1. The summed E-state index contributed by atoms with van der Waals surface area (Å²) in [6.45, 7) is 8.89. The molecule has 0 saturated heterocycles. The summed E-state index contributed by atoms with van der Waals surface area (Å²) in [6, 6.07) is 5.99. The van der Waals surface area contributed by atoms with Gasteiger partial charge in [-0.15, -0.1) is 24.0 Å². The Morgan fingerprint density at radius 2 is 2.00 bits per heavy atom. The predicted octanol–water partition coefficient (Wildman–Crippen LogP) is 2.14. The number of guanidine groups is 1. The lowest BCUT2D eigenvalue weighted by atomic mass is 10.1. The summed E-state index contributed by atoms with van der Waals surface area (Å²) in [5.74, 6) is 0.864. The minimum atomic E-state index is 0. The molecule has 1 aromatic rings. The molecule has 0 atom stereocenters. The van der Waals surface area contributed by atoms with Gasteiger partial charge in [0, 0.05) is 36.9 Å². The number of hydrogen-bond donors (Lipinski definition) is 2. The maximum Gasteiger partial charge on any atom is 0.191 e. The van der Waals surface area contributed by atoms with Crippen molar-refractivity contribution in [3.05, 3.63) is 30.1 Å². The maximum atomic E-state index is 4.67. The minimum absolute atomic E-state index is 0. The van der Waals surface area contributed by atoms with E-state index in [4.69, 9.17) is 0 Å². The van der Waals surface area contributed by atoms with Crippen LogP contribution in [0.4, 0.5) is 0 Å². The fourth-order valence-electron chi connectivity index (χ4n) is 1.61. The normalized spacial score (nSPS) is 12.0. The number of halogens is 1. The lowest BCUT2D eigenvalue weighted by Crippen LogP contribution is -2.44. The average molecular weight is 419 g/mol. The highest BCUT2D eigenvalue weighted by Crippen LogP contribution is 2.09. The Morgan fingerprint density at radius 3 is 2.55 bits per heavy atom. The molecular formula is C16H30IN5. The molecule has 0 bridgehead atoms. The zero-order valence-corrected chi connectivity index (χ0v) is 16.7. The van der Waals surface area contributed by atoms with Crippen LogP contribution in [0.15, 0.2) is 29.4 Å². The smallest absolute Gasteiger partial charge is 0.191 e. The minimum Gasteiger partial charge on any atom is -0.357 e. The van der Waals surface area contributed by atoms with Crippen LogP contribution in [0.1, 0.15) is 26.5 Å². The average Bonchev–Trinajstić information content (AvgIpc) is 2.46. The number of aromatic nitrogens is 1. The van der Waals surface area contributed by atoms with Crippen molar-refractivity contribution >= 4 is 29.9 Å². The van der Waals surface area contributed by atoms with Crippen molar-refractivity contribution in [3.8, 4) is 0 Å². The van der Waals surface area contributed by atoms with Gasteiger partial charge >= 0.3 is 0 Å². The van der Waals surface area contributed by atoms with Crippen LogP contribution in [0, 0.1) is 0 Å². The second-order valence-electron chi connectivity index (χ2n) is 5.90. The van der Waals surface area contributed by atoms with Gasteiger partial charge < -0.3 is 15.5 Å². The second-order valence-corrected chi connectivity index (χ2v) is 5.90. The molecular weight excluding hydrogens is 389 g/mol. The van der Waals surface area contributed by atoms with E-state index < -0.39 is 0 Å². The molecule has 1 aromatic heterocycles. The molecule has 1 heterocycles. The van der Waals surface area contributed by atoms with Gasteiger partial charge in [0.2, 0.25) is 0 Å². The number of nitrogens with one attached hydrogen (secondary N) is 2. The lowest BCUT2D eigenvalue weighted by molar-refractivity contribution is 0.204. The molecule has 0 saturated carbocycles. The van der Waals surface area contributed by atoms with E-state index in [2.05, 4.69) is 60.4 Å². The van der Waals surface area contributed by atoms with Gasteiger partial charge in [-0.05, 0) is 47.0 Å². The molecule has 0 aliphatic rings. The number of aliphatic imine (C=N–C) groups is 1. The van der Waals surface area contributed by atoms with Gasteiger partial charge in [-0.3, -0.25) is 9.98 Å². The first-order chi connectivity index (χ1) is 9.95. The summed E-state index contributed by atoms with van der Waals surface area (Å²) in [5.41, 5.74) is 1.14. The van der Waals surface area contributed by atoms with Crippen molar-refractivity contribution in [1.82, 2.24) is 20.5 Å². The number of pyridine rings is 1. The fraction of sp³-hybridized carbons (Fsp3) is 0.625. The first-order valence-corrected chi connectivity index (χ1v) is 7.55. The van der Waals surface area contributed by atoms with Crippen LogP contribution in [0.5, 0.6) is 0 Å². The van der Waals surface area contributed by atoms with Crippen molar-refractivity contribution in [2.24, 2.45) is 4.99 Å². The maximum absolute atomic E-state index is 4.67. The largest absolute Gasteiger partial charge is 0.357 e. The molecule has 0 unspecified atom stereocenters. The molecule has 0 spiro atoms. The molecule has 0 aromatic carbocycles. The van der Waals surface area contributed by atoms with E-state index in [0.717, 1.165) is 37.7 Å². The molecule has 126 valence electrons. The van der Waals surface area contributed by atoms with Crippen LogP contribution in [0.2, 0.25) is 0 Å². The van der Waals surface area contributed by atoms with E-state index in [1.807, 2.05) is 24.4 Å². The fourth-order valence-corrected chi connectivity index (χ4v) is 1.61. The molecule has 6 heteroatoms. The molecule has 0 amide bonds. The Bertz CT molecular complexity index is 431. The quantitative estimate of drug-likeness (QED) is 0.404. The molecule has 0 radical (unpaired) electrons. The zero-order chi connectivity index (χ0) is 15.7. The van der Waals surface area contributed by atoms with E-state index >= 15 is 0 Å². The Morgan fingerprint density at radius 1 is 1.27 bits per heavy atom. The number of hydrogen-bond acceptors (Lipinski definition) is 3. The SMILES string of the molecule is CCNC(=NCC(C)(C)N(C)C)NCCc1ccccn1.I. The third kappa shape index (κ3) is 7.93. The number of nitrogens with zero attached hydrogens (tertiary/aromatic N) is 3. The zero-order valence-electron chi connectivity index (χ0n) is 14.4. The van der Waals surface area contributed by atoms with Gasteiger partial charge in [0.05, 0.1) is 6.54 Å². The Hall–Kier alpha value is -0.890. The summed E-state index contributed by atoms with van der Waals surface area (Å²) in [6.07, 6.45) is 2.72.